The second-order valence-electron chi connectivity index (χ2n) is 5.11. The van der Waals surface area contributed by atoms with Crippen LogP contribution in [0, 0.1) is 0 Å². The summed E-state index contributed by atoms with van der Waals surface area (Å²) in [7, 11) is 0. The number of allylic oxidation sites excluding steroid dienone is 5. The molecule has 0 aliphatic heterocycles. The Balaban J connectivity index is 2.59. The van der Waals surface area contributed by atoms with Gasteiger partial charge >= 0.3 is 5.82 Å². The highest BCUT2D eigenvalue weighted by Crippen LogP contribution is 2.28. The molecule has 0 aromatic carbocycles. The van der Waals surface area contributed by atoms with Gasteiger partial charge in [0.1, 0.15) is 12.0 Å². The summed E-state index contributed by atoms with van der Waals surface area (Å²) >= 11 is 3.27. The molecule has 0 unspecified atom stereocenters. The molecule has 2 aromatic heterocycles. The lowest BCUT2D eigenvalue weighted by molar-refractivity contribution is -0.711. The molecule has 134 valence electrons. The van der Waals surface area contributed by atoms with Crippen LogP contribution in [0.25, 0.3) is 11.3 Å². The van der Waals surface area contributed by atoms with Gasteiger partial charge in [0.2, 0.25) is 5.69 Å². The van der Waals surface area contributed by atoms with Crippen molar-refractivity contribution in [1.29, 1.82) is 0 Å². The van der Waals surface area contributed by atoms with Gasteiger partial charge in [0.05, 0.1) is 0 Å². The van der Waals surface area contributed by atoms with Crippen LogP contribution in [0.3, 0.4) is 0 Å². The number of rotatable bonds is 7. The molecular formula is C19H19BrN3O3+. The number of pyridine rings is 1. The van der Waals surface area contributed by atoms with Gasteiger partial charge < -0.3 is 14.8 Å². The summed E-state index contributed by atoms with van der Waals surface area (Å²) in [4.78, 5) is 4.36. The predicted octanol–water partition coefficient (Wildman–Crippen LogP) is 5.09. The Morgan fingerprint density at radius 3 is 2.81 bits per heavy atom. The Bertz CT molecular complexity index is 895. The third kappa shape index (κ3) is 5.03. The molecule has 0 atom stereocenters. The van der Waals surface area contributed by atoms with Gasteiger partial charge in [-0.3, -0.25) is 0 Å². The molecule has 0 bridgehead atoms. The molecule has 2 rings (SSSR count). The number of aromatic nitrogens is 1. The van der Waals surface area contributed by atoms with E-state index in [2.05, 4.69) is 32.6 Å². The summed E-state index contributed by atoms with van der Waals surface area (Å²) in [6.45, 7) is 5.54. The zero-order chi connectivity index (χ0) is 18.9. The summed E-state index contributed by atoms with van der Waals surface area (Å²) in [5.74, 6) is 0.818. The van der Waals surface area contributed by atoms with Gasteiger partial charge in [-0.1, -0.05) is 36.9 Å². The summed E-state index contributed by atoms with van der Waals surface area (Å²) in [5.41, 5.74) is 1.33. The molecule has 0 saturated carbocycles. The minimum atomic E-state index is 0.241. The molecule has 0 radical (unpaired) electrons. The number of hydrogen-bond acceptors (Lipinski definition) is 5. The molecule has 7 heteroatoms. The number of hydrogen-bond donors (Lipinski definition) is 2. The quantitative estimate of drug-likeness (QED) is 0.216. The second kappa shape index (κ2) is 9.53. The number of nitrogens with zero attached hydrogens (tertiary/aromatic N) is 3. The molecule has 0 amide bonds. The maximum Gasteiger partial charge on any atom is 0.362 e. The first kappa shape index (κ1) is 19.4. The number of halogens is 1. The highest BCUT2D eigenvalue weighted by atomic mass is 79.9. The molecule has 2 aromatic rings. The van der Waals surface area contributed by atoms with Crippen LogP contribution in [0.1, 0.15) is 19.0 Å². The largest absolute Gasteiger partial charge is 0.449 e. The lowest BCUT2D eigenvalue weighted by Crippen LogP contribution is -2.07. The average Bonchev–Trinajstić information content (AvgIpc) is 3.08. The van der Waals surface area contributed by atoms with Crippen LogP contribution in [0.2, 0.25) is 0 Å². The van der Waals surface area contributed by atoms with E-state index >= 15 is 0 Å². The summed E-state index contributed by atoms with van der Waals surface area (Å²) < 4.78 is 7.03. The fourth-order valence-corrected chi connectivity index (χ4v) is 2.37. The first-order valence-corrected chi connectivity index (χ1v) is 8.65. The van der Waals surface area contributed by atoms with E-state index in [0.29, 0.717) is 21.7 Å². The molecule has 0 spiro atoms. The van der Waals surface area contributed by atoms with Crippen molar-refractivity contribution < 1.29 is 19.6 Å². The van der Waals surface area contributed by atoms with Crippen molar-refractivity contribution >= 4 is 33.7 Å². The highest BCUT2D eigenvalue weighted by Gasteiger charge is 2.19. The SMILES string of the molecule is C=C/C=C\C=[N+](\O)c1cc(-c2ccc(Br)o2)cc(C(/C=C\CC)=N\O)n1. The van der Waals surface area contributed by atoms with Crippen LogP contribution >= 0.6 is 15.9 Å². The monoisotopic (exact) mass is 416 g/mol. The molecule has 0 aliphatic carbocycles. The third-order valence-electron chi connectivity index (χ3n) is 3.26. The van der Waals surface area contributed by atoms with Crippen LogP contribution in [0.4, 0.5) is 5.82 Å². The van der Waals surface area contributed by atoms with Gasteiger partial charge in [-0.2, -0.15) is 0 Å². The Labute approximate surface area is 159 Å². The van der Waals surface area contributed by atoms with E-state index < -0.39 is 0 Å². The molecular weight excluding hydrogens is 398 g/mol. The molecule has 2 heterocycles. The third-order valence-corrected chi connectivity index (χ3v) is 3.69. The van der Waals surface area contributed by atoms with E-state index in [0.717, 1.165) is 11.2 Å². The number of oxime groups is 1. The van der Waals surface area contributed by atoms with Crippen LogP contribution in [0.5, 0.6) is 0 Å². The van der Waals surface area contributed by atoms with Gasteiger partial charge in [-0.15, -0.1) is 0 Å². The van der Waals surface area contributed by atoms with Crippen LogP contribution in [-0.4, -0.2) is 32.1 Å². The predicted molar refractivity (Wildman–Crippen MR) is 105 cm³/mol. The van der Waals surface area contributed by atoms with Crippen molar-refractivity contribution in [1.82, 2.24) is 4.98 Å². The highest BCUT2D eigenvalue weighted by molar-refractivity contribution is 9.10. The minimum absolute atomic E-state index is 0.241. The van der Waals surface area contributed by atoms with Crippen molar-refractivity contribution in [3.63, 3.8) is 0 Å². The van der Waals surface area contributed by atoms with Crippen molar-refractivity contribution in [3.8, 4) is 11.3 Å². The molecule has 0 aliphatic rings. The van der Waals surface area contributed by atoms with Crippen molar-refractivity contribution in [3.05, 3.63) is 71.6 Å². The van der Waals surface area contributed by atoms with Crippen molar-refractivity contribution in [2.75, 3.05) is 0 Å². The standard InChI is InChI=1S/C19H18BrN3O3/c1-3-5-7-11-23(25)19-13-14(17-9-10-18(20)26-17)12-16(21-19)15(22-24)8-6-4-2/h3,5-13H,1,4H2,2H3,(H-,24,25)/p+1/b7-5-,8-6-,22-15-,23-11+. The first-order valence-electron chi connectivity index (χ1n) is 7.86. The zero-order valence-corrected chi connectivity index (χ0v) is 15.8. The van der Waals surface area contributed by atoms with E-state index in [9.17, 15) is 10.4 Å². The van der Waals surface area contributed by atoms with E-state index in [4.69, 9.17) is 4.42 Å². The first-order chi connectivity index (χ1) is 12.6. The van der Waals surface area contributed by atoms with Crippen molar-refractivity contribution in [2.24, 2.45) is 5.16 Å². The molecule has 6 nitrogen and oxygen atoms in total. The summed E-state index contributed by atoms with van der Waals surface area (Å²) in [6.07, 6.45) is 10.6. The summed E-state index contributed by atoms with van der Waals surface area (Å²) in [5, 5.41) is 22.9. The van der Waals surface area contributed by atoms with Crippen LogP contribution in [0.15, 0.2) is 75.5 Å². The molecule has 26 heavy (non-hydrogen) atoms. The maximum atomic E-state index is 10.2. The van der Waals surface area contributed by atoms with Crippen LogP contribution in [-0.2, 0) is 0 Å². The minimum Gasteiger partial charge on any atom is -0.449 e. The lowest BCUT2D eigenvalue weighted by atomic mass is 10.1. The second-order valence-corrected chi connectivity index (χ2v) is 5.89. The maximum absolute atomic E-state index is 10.2. The Hall–Kier alpha value is -2.93. The van der Waals surface area contributed by atoms with Gasteiger partial charge in [0.15, 0.2) is 10.4 Å². The normalized spacial score (nSPS) is 13.0. The fraction of sp³-hybridized carbons (Fsp3) is 0.105. The molecule has 0 saturated heterocycles. The van der Waals surface area contributed by atoms with Gasteiger partial charge in [-0.05, 0) is 56.4 Å². The van der Waals surface area contributed by atoms with Crippen LogP contribution < -0.4 is 0 Å². The fourth-order valence-electron chi connectivity index (χ4n) is 2.06. The summed E-state index contributed by atoms with van der Waals surface area (Å²) in [6, 6.07) is 6.93. The van der Waals surface area contributed by atoms with E-state index in [1.54, 1.807) is 48.6 Å². The van der Waals surface area contributed by atoms with E-state index in [1.807, 2.05) is 13.0 Å². The number of furan rings is 1. The topological polar surface area (TPSA) is 81.9 Å². The Morgan fingerprint density at radius 2 is 2.19 bits per heavy atom. The molecule has 0 fully saturated rings. The van der Waals surface area contributed by atoms with E-state index in [-0.39, 0.29) is 11.5 Å². The Morgan fingerprint density at radius 1 is 1.38 bits per heavy atom. The Kier molecular flexibility index (Phi) is 7.11. The van der Waals surface area contributed by atoms with Crippen molar-refractivity contribution in [2.45, 2.75) is 13.3 Å². The lowest BCUT2D eigenvalue weighted by Gasteiger charge is -2.01. The smallest absolute Gasteiger partial charge is 0.362 e. The van der Waals surface area contributed by atoms with Gasteiger partial charge in [-0.25, -0.2) is 0 Å². The van der Waals surface area contributed by atoms with Gasteiger partial charge in [0, 0.05) is 17.7 Å². The molecule has 2 N–H and O–H groups in total. The van der Waals surface area contributed by atoms with E-state index in [1.165, 1.54) is 6.21 Å². The average molecular weight is 417 g/mol. The van der Waals surface area contributed by atoms with Gasteiger partial charge in [0.25, 0.3) is 0 Å². The zero-order valence-electron chi connectivity index (χ0n) is 14.2.